The summed E-state index contributed by atoms with van der Waals surface area (Å²) >= 11 is 0. The largest absolute Gasteiger partial charge is 0.369 e. The Labute approximate surface area is 106 Å². The van der Waals surface area contributed by atoms with Gasteiger partial charge in [0.2, 0.25) is 5.95 Å². The molecule has 0 bridgehead atoms. The van der Waals surface area contributed by atoms with Gasteiger partial charge in [-0.25, -0.2) is 4.98 Å². The van der Waals surface area contributed by atoms with Crippen molar-refractivity contribution in [1.29, 1.82) is 0 Å². The summed E-state index contributed by atoms with van der Waals surface area (Å²) in [5.74, 6) is 0.563. The highest BCUT2D eigenvalue weighted by Crippen LogP contribution is 2.26. The first-order chi connectivity index (χ1) is 8.77. The van der Waals surface area contributed by atoms with E-state index in [0.717, 1.165) is 11.0 Å². The predicted octanol–water partition coefficient (Wildman–Crippen LogP) is 3.23. The lowest BCUT2D eigenvalue weighted by molar-refractivity contribution is 0.668. The molecule has 1 aromatic heterocycles. The van der Waals surface area contributed by atoms with Gasteiger partial charge in [-0.3, -0.25) is 0 Å². The average molecular weight is 237 g/mol. The number of nitrogens with two attached hydrogens (primary N) is 1. The molecule has 1 heterocycles. The number of para-hydroxylation sites is 2. The normalized spacial score (nSPS) is 12.7. The van der Waals surface area contributed by atoms with E-state index >= 15 is 0 Å². The maximum absolute atomic E-state index is 6.04. The molecule has 3 rings (SSSR count). The quantitative estimate of drug-likeness (QED) is 0.743. The summed E-state index contributed by atoms with van der Waals surface area (Å²) in [6, 6.07) is 18.5. The van der Waals surface area contributed by atoms with Crippen molar-refractivity contribution >= 4 is 17.0 Å². The molecule has 0 amide bonds. The van der Waals surface area contributed by atoms with Gasteiger partial charge in [0.25, 0.3) is 0 Å². The van der Waals surface area contributed by atoms with Gasteiger partial charge in [-0.2, -0.15) is 0 Å². The highest BCUT2D eigenvalue weighted by Gasteiger charge is 2.14. The maximum atomic E-state index is 6.04. The van der Waals surface area contributed by atoms with Gasteiger partial charge < -0.3 is 10.3 Å². The van der Waals surface area contributed by atoms with Crippen molar-refractivity contribution in [3.8, 4) is 0 Å². The molecule has 3 nitrogen and oxygen atoms in total. The van der Waals surface area contributed by atoms with Crippen molar-refractivity contribution in [1.82, 2.24) is 9.55 Å². The molecular weight excluding hydrogens is 222 g/mol. The van der Waals surface area contributed by atoms with Crippen LogP contribution in [-0.4, -0.2) is 9.55 Å². The van der Waals surface area contributed by atoms with Gasteiger partial charge in [-0.15, -0.1) is 0 Å². The van der Waals surface area contributed by atoms with E-state index in [1.54, 1.807) is 0 Å². The van der Waals surface area contributed by atoms with Gasteiger partial charge in [0.15, 0.2) is 0 Å². The van der Waals surface area contributed by atoms with Crippen LogP contribution in [0.2, 0.25) is 0 Å². The minimum Gasteiger partial charge on any atom is -0.369 e. The molecule has 3 heteroatoms. The summed E-state index contributed by atoms with van der Waals surface area (Å²) in [5.41, 5.74) is 9.29. The Bertz CT molecular complexity index is 671. The highest BCUT2D eigenvalue weighted by atomic mass is 15.2. The lowest BCUT2D eigenvalue weighted by atomic mass is 10.1. The summed E-state index contributed by atoms with van der Waals surface area (Å²) in [5, 5.41) is 0. The molecule has 18 heavy (non-hydrogen) atoms. The molecule has 0 saturated carbocycles. The fraction of sp³-hybridized carbons (Fsp3) is 0.133. The molecule has 0 fully saturated rings. The number of imidazole rings is 1. The van der Waals surface area contributed by atoms with E-state index in [9.17, 15) is 0 Å². The number of fused-ring (bicyclic) bond motifs is 1. The molecule has 0 unspecified atom stereocenters. The minimum atomic E-state index is 0.179. The molecule has 0 aliphatic heterocycles. The molecule has 0 aliphatic rings. The van der Waals surface area contributed by atoms with Gasteiger partial charge in [-0.05, 0) is 24.6 Å². The highest BCUT2D eigenvalue weighted by molar-refractivity contribution is 5.78. The van der Waals surface area contributed by atoms with Crippen LogP contribution in [0.1, 0.15) is 18.5 Å². The average Bonchev–Trinajstić information content (AvgIpc) is 2.75. The molecule has 2 aromatic carbocycles. The Morgan fingerprint density at radius 1 is 1.00 bits per heavy atom. The lowest BCUT2D eigenvalue weighted by Gasteiger charge is -2.16. The SMILES string of the molecule is C[C@H](c1ccccc1)n1c(N)nc2ccccc21. The minimum absolute atomic E-state index is 0.179. The Morgan fingerprint density at radius 3 is 2.44 bits per heavy atom. The number of anilines is 1. The number of hydrogen-bond donors (Lipinski definition) is 1. The number of benzene rings is 2. The predicted molar refractivity (Wildman–Crippen MR) is 74.4 cm³/mol. The monoisotopic (exact) mass is 237 g/mol. The third kappa shape index (κ3) is 1.64. The smallest absolute Gasteiger partial charge is 0.201 e. The fourth-order valence-electron chi connectivity index (χ4n) is 2.35. The lowest BCUT2D eigenvalue weighted by Crippen LogP contribution is -2.09. The van der Waals surface area contributed by atoms with Crippen LogP contribution >= 0.6 is 0 Å². The van der Waals surface area contributed by atoms with Gasteiger partial charge in [0.05, 0.1) is 17.1 Å². The summed E-state index contributed by atoms with van der Waals surface area (Å²) in [7, 11) is 0. The fourth-order valence-corrected chi connectivity index (χ4v) is 2.35. The van der Waals surface area contributed by atoms with E-state index in [-0.39, 0.29) is 6.04 Å². The molecule has 1 atom stereocenters. The second-order valence-electron chi connectivity index (χ2n) is 4.42. The third-order valence-electron chi connectivity index (χ3n) is 3.29. The van der Waals surface area contributed by atoms with E-state index in [2.05, 4.69) is 34.7 Å². The molecule has 0 aliphatic carbocycles. The Balaban J connectivity index is 2.17. The second kappa shape index (κ2) is 4.18. The summed E-state index contributed by atoms with van der Waals surface area (Å²) in [6.07, 6.45) is 0. The van der Waals surface area contributed by atoms with E-state index in [1.807, 2.05) is 36.4 Å². The van der Waals surface area contributed by atoms with Crippen molar-refractivity contribution < 1.29 is 0 Å². The van der Waals surface area contributed by atoms with E-state index in [0.29, 0.717) is 5.95 Å². The molecular formula is C15H15N3. The van der Waals surface area contributed by atoms with Crippen LogP contribution in [0.4, 0.5) is 5.95 Å². The number of nitrogens with zero attached hydrogens (tertiary/aromatic N) is 2. The van der Waals surface area contributed by atoms with Crippen LogP contribution in [0.5, 0.6) is 0 Å². The van der Waals surface area contributed by atoms with Crippen molar-refractivity contribution in [2.75, 3.05) is 5.73 Å². The number of rotatable bonds is 2. The zero-order chi connectivity index (χ0) is 12.5. The van der Waals surface area contributed by atoms with Gasteiger partial charge >= 0.3 is 0 Å². The van der Waals surface area contributed by atoms with Crippen LogP contribution in [-0.2, 0) is 0 Å². The molecule has 0 saturated heterocycles. The second-order valence-corrected chi connectivity index (χ2v) is 4.42. The van der Waals surface area contributed by atoms with Crippen LogP contribution < -0.4 is 5.73 Å². The third-order valence-corrected chi connectivity index (χ3v) is 3.29. The van der Waals surface area contributed by atoms with Gasteiger partial charge in [-0.1, -0.05) is 42.5 Å². The summed E-state index contributed by atoms with van der Waals surface area (Å²) in [4.78, 5) is 4.40. The van der Waals surface area contributed by atoms with Crippen LogP contribution in [0.3, 0.4) is 0 Å². The van der Waals surface area contributed by atoms with Crippen molar-refractivity contribution in [2.24, 2.45) is 0 Å². The Morgan fingerprint density at radius 2 is 1.67 bits per heavy atom. The van der Waals surface area contributed by atoms with Crippen molar-refractivity contribution in [3.63, 3.8) is 0 Å². The van der Waals surface area contributed by atoms with Crippen molar-refractivity contribution in [2.45, 2.75) is 13.0 Å². The van der Waals surface area contributed by atoms with E-state index in [4.69, 9.17) is 5.73 Å². The van der Waals surface area contributed by atoms with Crippen LogP contribution in [0.15, 0.2) is 54.6 Å². The summed E-state index contributed by atoms with van der Waals surface area (Å²) < 4.78 is 2.07. The molecule has 90 valence electrons. The molecule has 0 radical (unpaired) electrons. The first kappa shape index (κ1) is 10.8. The number of nitrogen functional groups attached to an aromatic ring is 1. The van der Waals surface area contributed by atoms with Crippen LogP contribution in [0, 0.1) is 0 Å². The Kier molecular flexibility index (Phi) is 2.52. The van der Waals surface area contributed by atoms with Gasteiger partial charge in [0, 0.05) is 0 Å². The first-order valence-electron chi connectivity index (χ1n) is 6.05. The number of hydrogen-bond acceptors (Lipinski definition) is 2. The topological polar surface area (TPSA) is 43.8 Å². The zero-order valence-electron chi connectivity index (χ0n) is 10.2. The van der Waals surface area contributed by atoms with Gasteiger partial charge in [0.1, 0.15) is 0 Å². The van der Waals surface area contributed by atoms with Crippen LogP contribution in [0.25, 0.3) is 11.0 Å². The maximum Gasteiger partial charge on any atom is 0.201 e. The van der Waals surface area contributed by atoms with Crippen molar-refractivity contribution in [3.05, 3.63) is 60.2 Å². The molecule has 3 aromatic rings. The molecule has 0 spiro atoms. The van der Waals surface area contributed by atoms with E-state index in [1.165, 1.54) is 5.56 Å². The zero-order valence-corrected chi connectivity index (χ0v) is 10.2. The summed E-state index contributed by atoms with van der Waals surface area (Å²) in [6.45, 7) is 2.14. The van der Waals surface area contributed by atoms with E-state index < -0.39 is 0 Å². The number of aromatic nitrogens is 2. The standard InChI is InChI=1S/C15H15N3/c1-11(12-7-3-2-4-8-12)18-14-10-6-5-9-13(14)17-15(18)16/h2-11H,1H3,(H2,16,17)/t11-/m1/s1. The Hall–Kier alpha value is -2.29. The first-order valence-corrected chi connectivity index (χ1v) is 6.05. The molecule has 2 N–H and O–H groups in total.